The summed E-state index contributed by atoms with van der Waals surface area (Å²) in [6.07, 6.45) is 9.79. The Morgan fingerprint density at radius 3 is 2.81 bits per heavy atom. The molecule has 1 N–H and O–H groups in total. The van der Waals surface area contributed by atoms with Gasteiger partial charge in [0.1, 0.15) is 0 Å². The maximum Gasteiger partial charge on any atom is 0.317 e. The van der Waals surface area contributed by atoms with Crippen LogP contribution in [0.5, 0.6) is 0 Å². The molecule has 5 nitrogen and oxygen atoms in total. The molecule has 2 heterocycles. The van der Waals surface area contributed by atoms with E-state index in [0.29, 0.717) is 12.6 Å². The van der Waals surface area contributed by atoms with Crippen LogP contribution in [-0.2, 0) is 0 Å². The number of carbonyl (C=O) groups excluding carboxylic acids is 1. The summed E-state index contributed by atoms with van der Waals surface area (Å²) in [6, 6.07) is 9.19. The van der Waals surface area contributed by atoms with Crippen molar-refractivity contribution in [2.45, 2.75) is 64.1 Å². The molecule has 26 heavy (non-hydrogen) atoms. The van der Waals surface area contributed by atoms with E-state index < -0.39 is 0 Å². The summed E-state index contributed by atoms with van der Waals surface area (Å²) in [4.78, 5) is 19.4. The van der Waals surface area contributed by atoms with Crippen LogP contribution in [0, 0.1) is 0 Å². The quantitative estimate of drug-likeness (QED) is 0.896. The van der Waals surface area contributed by atoms with E-state index in [1.165, 1.54) is 30.4 Å². The van der Waals surface area contributed by atoms with E-state index >= 15 is 0 Å². The van der Waals surface area contributed by atoms with Crippen LogP contribution < -0.4 is 5.32 Å². The van der Waals surface area contributed by atoms with Crippen molar-refractivity contribution in [1.82, 2.24) is 19.8 Å². The van der Waals surface area contributed by atoms with Crippen LogP contribution in [0.15, 0.2) is 36.8 Å². The molecule has 2 aromatic rings. The Balaban J connectivity index is 1.49. The van der Waals surface area contributed by atoms with Crippen molar-refractivity contribution in [1.29, 1.82) is 0 Å². The molecule has 1 atom stereocenters. The molecule has 0 saturated heterocycles. The van der Waals surface area contributed by atoms with Gasteiger partial charge in [0.25, 0.3) is 0 Å². The monoisotopic (exact) mass is 352 g/mol. The molecule has 5 heteroatoms. The maximum absolute atomic E-state index is 13.0. The maximum atomic E-state index is 13.0. The van der Waals surface area contributed by atoms with E-state index in [1.54, 1.807) is 0 Å². The molecule has 138 valence electrons. The number of aromatic nitrogens is 2. The number of hydrogen-bond acceptors (Lipinski definition) is 2. The van der Waals surface area contributed by atoms with Crippen LogP contribution in [0.1, 0.15) is 57.6 Å². The first-order valence-electron chi connectivity index (χ1n) is 9.84. The normalized spacial score (nSPS) is 19.3. The number of imidazole rings is 1. The third-order valence-corrected chi connectivity index (χ3v) is 5.80. The summed E-state index contributed by atoms with van der Waals surface area (Å²) in [5.41, 5.74) is 3.61. The van der Waals surface area contributed by atoms with E-state index in [2.05, 4.69) is 57.9 Å². The van der Waals surface area contributed by atoms with Crippen molar-refractivity contribution >= 4 is 6.03 Å². The van der Waals surface area contributed by atoms with Crippen LogP contribution in [0.3, 0.4) is 0 Å². The Labute approximate surface area is 155 Å². The van der Waals surface area contributed by atoms with Gasteiger partial charge in [-0.15, -0.1) is 0 Å². The number of rotatable bonds is 4. The molecule has 1 aliphatic carbocycles. The van der Waals surface area contributed by atoms with Crippen LogP contribution in [0.4, 0.5) is 4.79 Å². The highest BCUT2D eigenvalue weighted by molar-refractivity contribution is 5.75. The fourth-order valence-electron chi connectivity index (χ4n) is 4.60. The summed E-state index contributed by atoms with van der Waals surface area (Å²) in [5, 5.41) is 3.21. The lowest BCUT2D eigenvalue weighted by molar-refractivity contribution is 0.134. The summed E-state index contributed by atoms with van der Waals surface area (Å²) in [5.74, 6) is 0. The van der Waals surface area contributed by atoms with Crippen molar-refractivity contribution in [3.8, 4) is 11.3 Å². The van der Waals surface area contributed by atoms with E-state index in [4.69, 9.17) is 0 Å². The summed E-state index contributed by atoms with van der Waals surface area (Å²) in [7, 11) is 0. The van der Waals surface area contributed by atoms with Gasteiger partial charge in [-0.25, -0.2) is 9.78 Å². The molecule has 2 aliphatic rings. The lowest BCUT2D eigenvalue weighted by atomic mass is 9.93. The fraction of sp³-hybridized carbons (Fsp3) is 0.524. The van der Waals surface area contributed by atoms with Gasteiger partial charge in [-0.05, 0) is 32.3 Å². The van der Waals surface area contributed by atoms with Gasteiger partial charge in [0.2, 0.25) is 0 Å². The predicted octanol–water partition coefficient (Wildman–Crippen LogP) is 4.21. The highest BCUT2D eigenvalue weighted by atomic mass is 16.2. The Kier molecular flexibility index (Phi) is 4.70. The molecular weight excluding hydrogens is 324 g/mol. The number of benzene rings is 1. The number of carbonyl (C=O) groups is 1. The van der Waals surface area contributed by atoms with Gasteiger partial charge in [0, 0.05) is 24.2 Å². The van der Waals surface area contributed by atoms with E-state index in [9.17, 15) is 4.79 Å². The van der Waals surface area contributed by atoms with Crippen LogP contribution in [0.2, 0.25) is 0 Å². The Hall–Kier alpha value is -2.30. The Morgan fingerprint density at radius 2 is 2.04 bits per heavy atom. The van der Waals surface area contributed by atoms with E-state index in [1.807, 2.05) is 12.5 Å². The zero-order chi connectivity index (χ0) is 18.1. The fourth-order valence-corrected chi connectivity index (χ4v) is 4.60. The molecule has 1 aromatic carbocycles. The molecule has 0 radical (unpaired) electrons. The minimum Gasteiger partial charge on any atom is -0.336 e. The summed E-state index contributed by atoms with van der Waals surface area (Å²) < 4.78 is 2.17. The van der Waals surface area contributed by atoms with Crippen molar-refractivity contribution in [2.24, 2.45) is 0 Å². The molecule has 0 unspecified atom stereocenters. The topological polar surface area (TPSA) is 50.2 Å². The van der Waals surface area contributed by atoms with E-state index in [0.717, 1.165) is 18.5 Å². The molecule has 0 spiro atoms. The van der Waals surface area contributed by atoms with E-state index in [-0.39, 0.29) is 18.1 Å². The molecule has 4 rings (SSSR count). The minimum absolute atomic E-state index is 0.0675. The lowest BCUT2D eigenvalue weighted by Gasteiger charge is -2.37. The Morgan fingerprint density at radius 1 is 1.27 bits per heavy atom. The molecule has 2 amide bonds. The van der Waals surface area contributed by atoms with Crippen LogP contribution >= 0.6 is 0 Å². The van der Waals surface area contributed by atoms with Gasteiger partial charge in [-0.2, -0.15) is 0 Å². The summed E-state index contributed by atoms with van der Waals surface area (Å²) in [6.45, 7) is 4.83. The second kappa shape index (κ2) is 7.14. The summed E-state index contributed by atoms with van der Waals surface area (Å²) >= 11 is 0. The Bertz CT molecular complexity index is 776. The molecular formula is C21H28N4O. The third-order valence-electron chi connectivity index (χ3n) is 5.80. The number of nitrogens with one attached hydrogen (secondary N) is 1. The number of fused-ring (bicyclic) bond motifs is 3. The number of amides is 2. The van der Waals surface area contributed by atoms with Crippen molar-refractivity contribution in [3.05, 3.63) is 42.4 Å². The average Bonchev–Trinajstić information content (AvgIpc) is 3.22. The molecule has 1 fully saturated rings. The van der Waals surface area contributed by atoms with Crippen LogP contribution in [0.25, 0.3) is 11.3 Å². The average molecular weight is 352 g/mol. The number of urea groups is 1. The van der Waals surface area contributed by atoms with Crippen LogP contribution in [-0.4, -0.2) is 39.1 Å². The SMILES string of the molecule is CC(C)N(C(=O)NC[C@H]1c2ccccc2-c2cncn21)C1CCCCC1. The smallest absolute Gasteiger partial charge is 0.317 e. The first-order valence-corrected chi connectivity index (χ1v) is 9.84. The van der Waals surface area contributed by atoms with Crippen molar-refractivity contribution in [3.63, 3.8) is 0 Å². The predicted molar refractivity (Wildman–Crippen MR) is 103 cm³/mol. The van der Waals surface area contributed by atoms with Crippen molar-refractivity contribution in [2.75, 3.05) is 6.54 Å². The van der Waals surface area contributed by atoms with Gasteiger partial charge < -0.3 is 14.8 Å². The molecule has 1 saturated carbocycles. The highest BCUT2D eigenvalue weighted by Crippen LogP contribution is 2.38. The number of nitrogens with zero attached hydrogens (tertiary/aromatic N) is 3. The first kappa shape index (κ1) is 17.1. The second-order valence-corrected chi connectivity index (χ2v) is 7.77. The van der Waals surface area contributed by atoms with Gasteiger partial charge in [0.05, 0.1) is 24.3 Å². The lowest BCUT2D eigenvalue weighted by Crippen LogP contribution is -2.51. The molecule has 0 bridgehead atoms. The second-order valence-electron chi connectivity index (χ2n) is 7.77. The highest BCUT2D eigenvalue weighted by Gasteiger charge is 2.31. The zero-order valence-electron chi connectivity index (χ0n) is 15.7. The molecule has 1 aliphatic heterocycles. The standard InChI is InChI=1S/C21H28N4O/c1-15(2)25(16-8-4-3-5-9-16)21(26)23-13-20-18-11-7-6-10-17(18)19-12-22-14-24(19)20/h6-7,10-12,14-16,20H,3-5,8-9,13H2,1-2H3,(H,23,26)/t20-/m0/s1. The first-order chi connectivity index (χ1) is 12.7. The van der Waals surface area contributed by atoms with Gasteiger partial charge in [-0.1, -0.05) is 43.5 Å². The third kappa shape index (κ3) is 3.00. The van der Waals surface area contributed by atoms with Gasteiger partial charge >= 0.3 is 6.03 Å². The van der Waals surface area contributed by atoms with Gasteiger partial charge in [-0.3, -0.25) is 0 Å². The van der Waals surface area contributed by atoms with Gasteiger partial charge in [0.15, 0.2) is 0 Å². The zero-order valence-corrected chi connectivity index (χ0v) is 15.7. The largest absolute Gasteiger partial charge is 0.336 e. The van der Waals surface area contributed by atoms with Crippen molar-refractivity contribution < 1.29 is 4.79 Å². The minimum atomic E-state index is 0.0675. The molecule has 1 aromatic heterocycles. The number of hydrogen-bond donors (Lipinski definition) is 1.